The smallest absolute Gasteiger partial charge is 0.399 e. The lowest BCUT2D eigenvalue weighted by Crippen LogP contribution is -2.41. The van der Waals surface area contributed by atoms with Crippen LogP contribution in [0.3, 0.4) is 0 Å². The van der Waals surface area contributed by atoms with Crippen LogP contribution >= 0.6 is 0 Å². The molecule has 1 atom stereocenters. The lowest BCUT2D eigenvalue weighted by atomic mass is 9.72. The molecule has 2 aliphatic rings. The van der Waals surface area contributed by atoms with Gasteiger partial charge in [0.05, 0.1) is 11.2 Å². The predicted octanol–water partition coefficient (Wildman–Crippen LogP) is 7.02. The summed E-state index contributed by atoms with van der Waals surface area (Å²) in [4.78, 5) is 0. The molecular formula is C28H39BO2. The zero-order valence-corrected chi connectivity index (χ0v) is 20.4. The molecule has 3 heteroatoms. The summed E-state index contributed by atoms with van der Waals surface area (Å²) in [6, 6.07) is 15.8. The first-order chi connectivity index (χ1) is 14.7. The third-order valence-electron chi connectivity index (χ3n) is 8.01. The molecule has 1 fully saturated rings. The van der Waals surface area contributed by atoms with Gasteiger partial charge < -0.3 is 9.31 Å². The van der Waals surface area contributed by atoms with E-state index in [1.54, 1.807) is 0 Å². The van der Waals surface area contributed by atoms with Crippen molar-refractivity contribution in [1.29, 1.82) is 0 Å². The number of benzene rings is 2. The zero-order valence-electron chi connectivity index (χ0n) is 20.4. The Labute approximate surface area is 189 Å². The highest BCUT2D eigenvalue weighted by molar-refractivity contribution is 6.62. The molecule has 0 spiro atoms. The van der Waals surface area contributed by atoms with E-state index in [1.165, 1.54) is 67.2 Å². The van der Waals surface area contributed by atoms with Gasteiger partial charge in [-0.1, -0.05) is 94.8 Å². The van der Waals surface area contributed by atoms with Crippen LogP contribution in [0.1, 0.15) is 97.6 Å². The summed E-state index contributed by atoms with van der Waals surface area (Å²) in [5.74, 6) is 0. The highest BCUT2D eigenvalue weighted by Crippen LogP contribution is 2.51. The van der Waals surface area contributed by atoms with E-state index < -0.39 is 0 Å². The fourth-order valence-corrected chi connectivity index (χ4v) is 5.25. The standard InChI is InChI=1S/C28H39BO2/c1-7-8-9-10-11-14-19-28(6)24-16-13-12-15-22(24)23-18-17-21(20-25(23)28)29-30-26(2,3)27(4,5)31-29/h12-13,15-18,20H,7-11,14,19H2,1-6H3. The van der Waals surface area contributed by atoms with E-state index in [4.69, 9.17) is 9.31 Å². The first kappa shape index (κ1) is 22.6. The zero-order chi connectivity index (χ0) is 22.3. The monoisotopic (exact) mass is 418 g/mol. The summed E-state index contributed by atoms with van der Waals surface area (Å²) < 4.78 is 12.7. The van der Waals surface area contributed by atoms with Crippen molar-refractivity contribution in [3.05, 3.63) is 53.6 Å². The lowest BCUT2D eigenvalue weighted by molar-refractivity contribution is 0.00578. The van der Waals surface area contributed by atoms with Crippen LogP contribution in [0.25, 0.3) is 11.1 Å². The Balaban J connectivity index is 1.62. The molecule has 1 saturated heterocycles. The molecule has 4 rings (SSSR count). The largest absolute Gasteiger partial charge is 0.494 e. The van der Waals surface area contributed by atoms with Gasteiger partial charge in [0.25, 0.3) is 0 Å². The van der Waals surface area contributed by atoms with Crippen LogP contribution in [0.2, 0.25) is 0 Å². The fourth-order valence-electron chi connectivity index (χ4n) is 5.25. The number of unbranched alkanes of at least 4 members (excludes halogenated alkanes) is 5. The topological polar surface area (TPSA) is 18.5 Å². The van der Waals surface area contributed by atoms with Gasteiger partial charge in [-0.3, -0.25) is 0 Å². The van der Waals surface area contributed by atoms with E-state index in [1.807, 2.05) is 0 Å². The highest BCUT2D eigenvalue weighted by Gasteiger charge is 2.52. The van der Waals surface area contributed by atoms with Crippen molar-refractivity contribution >= 4 is 12.6 Å². The molecule has 2 nitrogen and oxygen atoms in total. The van der Waals surface area contributed by atoms with Crippen LogP contribution in [0.5, 0.6) is 0 Å². The molecule has 0 bridgehead atoms. The normalized spacial score (nSPS) is 23.1. The van der Waals surface area contributed by atoms with Crippen LogP contribution in [0.15, 0.2) is 42.5 Å². The molecule has 0 N–H and O–H groups in total. The van der Waals surface area contributed by atoms with E-state index in [0.29, 0.717) is 0 Å². The maximum atomic E-state index is 6.37. The van der Waals surface area contributed by atoms with Gasteiger partial charge in [-0.15, -0.1) is 0 Å². The second kappa shape index (κ2) is 8.41. The molecule has 1 unspecified atom stereocenters. The van der Waals surface area contributed by atoms with E-state index in [0.717, 1.165) is 5.46 Å². The Morgan fingerprint density at radius 3 is 2.03 bits per heavy atom. The van der Waals surface area contributed by atoms with Gasteiger partial charge in [0.15, 0.2) is 0 Å². The summed E-state index contributed by atoms with van der Waals surface area (Å²) in [7, 11) is -0.308. The third kappa shape index (κ3) is 4.00. The van der Waals surface area contributed by atoms with Gasteiger partial charge in [-0.05, 0) is 61.8 Å². The maximum Gasteiger partial charge on any atom is 0.494 e. The Hall–Kier alpha value is -1.58. The number of rotatable bonds is 8. The molecule has 0 amide bonds. The minimum absolute atomic E-state index is 0.0519. The predicted molar refractivity (Wildman–Crippen MR) is 132 cm³/mol. The van der Waals surface area contributed by atoms with Crippen LogP contribution in [-0.2, 0) is 14.7 Å². The maximum absolute atomic E-state index is 6.37. The van der Waals surface area contributed by atoms with Crippen molar-refractivity contribution < 1.29 is 9.31 Å². The molecule has 166 valence electrons. The molecule has 0 radical (unpaired) electrons. The molecule has 0 saturated carbocycles. The van der Waals surface area contributed by atoms with Crippen molar-refractivity contribution in [2.75, 3.05) is 0 Å². The summed E-state index contributed by atoms with van der Waals surface area (Å²) >= 11 is 0. The van der Waals surface area contributed by atoms with Crippen LogP contribution in [0.4, 0.5) is 0 Å². The SMILES string of the molecule is CCCCCCCCC1(C)c2ccccc2-c2ccc(B3OC(C)(C)C(C)(C)O3)cc21. The average Bonchev–Trinajstić information content (AvgIpc) is 3.11. The van der Waals surface area contributed by atoms with Crippen molar-refractivity contribution in [1.82, 2.24) is 0 Å². The van der Waals surface area contributed by atoms with E-state index in [2.05, 4.69) is 84.0 Å². The van der Waals surface area contributed by atoms with Gasteiger partial charge in [0.1, 0.15) is 0 Å². The lowest BCUT2D eigenvalue weighted by Gasteiger charge is -2.32. The first-order valence-electron chi connectivity index (χ1n) is 12.3. The Kier molecular flexibility index (Phi) is 6.13. The molecule has 1 heterocycles. The number of hydrogen-bond donors (Lipinski definition) is 0. The average molecular weight is 418 g/mol. The second-order valence-electron chi connectivity index (χ2n) is 10.8. The van der Waals surface area contributed by atoms with E-state index >= 15 is 0 Å². The molecule has 1 aliphatic heterocycles. The number of hydrogen-bond acceptors (Lipinski definition) is 2. The highest BCUT2D eigenvalue weighted by atomic mass is 16.7. The third-order valence-corrected chi connectivity index (χ3v) is 8.01. The minimum Gasteiger partial charge on any atom is -0.399 e. The Morgan fingerprint density at radius 2 is 1.32 bits per heavy atom. The van der Waals surface area contributed by atoms with Crippen molar-refractivity contribution in [2.45, 2.75) is 103 Å². The van der Waals surface area contributed by atoms with E-state index in [-0.39, 0.29) is 23.7 Å². The fraction of sp³-hybridized carbons (Fsp3) is 0.571. The molecule has 2 aromatic carbocycles. The second-order valence-corrected chi connectivity index (χ2v) is 10.8. The summed E-state index contributed by atoms with van der Waals surface area (Å²) in [5, 5.41) is 0. The van der Waals surface area contributed by atoms with Gasteiger partial charge in [0.2, 0.25) is 0 Å². The quantitative estimate of drug-likeness (QED) is 0.339. The van der Waals surface area contributed by atoms with Crippen LogP contribution < -0.4 is 5.46 Å². The van der Waals surface area contributed by atoms with Crippen LogP contribution in [0, 0.1) is 0 Å². The number of fused-ring (bicyclic) bond motifs is 3. The minimum atomic E-state index is -0.318. The van der Waals surface area contributed by atoms with Crippen molar-refractivity contribution in [2.24, 2.45) is 0 Å². The molecule has 2 aromatic rings. The Morgan fingerprint density at radius 1 is 0.710 bits per heavy atom. The van der Waals surface area contributed by atoms with Gasteiger partial charge in [0, 0.05) is 5.41 Å². The molecule has 0 aromatic heterocycles. The molecular weight excluding hydrogens is 379 g/mol. The van der Waals surface area contributed by atoms with Crippen LogP contribution in [-0.4, -0.2) is 18.3 Å². The van der Waals surface area contributed by atoms with Crippen molar-refractivity contribution in [3.63, 3.8) is 0 Å². The van der Waals surface area contributed by atoms with Gasteiger partial charge in [-0.25, -0.2) is 0 Å². The van der Waals surface area contributed by atoms with Crippen molar-refractivity contribution in [3.8, 4) is 11.1 Å². The Bertz CT molecular complexity index is 916. The summed E-state index contributed by atoms with van der Waals surface area (Å²) in [6.45, 7) is 13.2. The molecule has 1 aliphatic carbocycles. The molecule has 31 heavy (non-hydrogen) atoms. The van der Waals surface area contributed by atoms with Gasteiger partial charge in [-0.2, -0.15) is 0 Å². The summed E-state index contributed by atoms with van der Waals surface area (Å²) in [6.07, 6.45) is 9.17. The van der Waals surface area contributed by atoms with E-state index in [9.17, 15) is 0 Å². The van der Waals surface area contributed by atoms with Gasteiger partial charge >= 0.3 is 7.12 Å². The summed E-state index contributed by atoms with van der Waals surface area (Å²) in [5.41, 5.74) is 6.24. The first-order valence-corrected chi connectivity index (χ1v) is 12.3.